The van der Waals surface area contributed by atoms with Gasteiger partial charge in [-0.3, -0.25) is 14.5 Å². The average molecular weight is 484 g/mol. The summed E-state index contributed by atoms with van der Waals surface area (Å²) in [5.74, 6) is -1.13. The highest BCUT2D eigenvalue weighted by atomic mass is 32.2. The number of sulfonamides is 1. The zero-order valence-electron chi connectivity index (χ0n) is 18.7. The zero-order valence-corrected chi connectivity index (χ0v) is 19.5. The first-order chi connectivity index (χ1) is 16.2. The molecule has 1 fully saturated rings. The van der Waals surface area contributed by atoms with Gasteiger partial charge in [-0.1, -0.05) is 0 Å². The second-order valence-corrected chi connectivity index (χ2v) is 10.8. The number of halogens is 2. The van der Waals surface area contributed by atoms with Crippen LogP contribution in [0.4, 0.5) is 14.5 Å². The molecule has 1 aliphatic carbocycles. The van der Waals surface area contributed by atoms with E-state index in [0.29, 0.717) is 28.0 Å². The number of hydrogen-bond donors (Lipinski definition) is 1. The molecule has 0 spiro atoms. The van der Waals surface area contributed by atoms with E-state index in [0.717, 1.165) is 18.4 Å². The topological polar surface area (TPSA) is 80.5 Å². The number of fused-ring (bicyclic) bond motifs is 3. The number of nitrogens with one attached hydrogen (secondary N) is 1. The summed E-state index contributed by atoms with van der Waals surface area (Å²) in [5, 5.41) is 0. The number of anilines is 1. The lowest BCUT2D eigenvalue weighted by Gasteiger charge is -2.17. The highest BCUT2D eigenvalue weighted by Gasteiger charge is 2.37. The molecule has 1 atom stereocenters. The summed E-state index contributed by atoms with van der Waals surface area (Å²) in [4.78, 5) is 17.6. The molecule has 9 heteroatoms. The predicted molar refractivity (Wildman–Crippen MR) is 128 cm³/mol. The van der Waals surface area contributed by atoms with Gasteiger partial charge in [-0.15, -0.1) is 0 Å². The van der Waals surface area contributed by atoms with E-state index >= 15 is 4.39 Å². The van der Waals surface area contributed by atoms with Crippen molar-refractivity contribution in [1.29, 1.82) is 0 Å². The molecule has 2 aliphatic rings. The molecule has 176 valence electrons. The van der Waals surface area contributed by atoms with Crippen LogP contribution in [0.2, 0.25) is 0 Å². The van der Waals surface area contributed by atoms with E-state index < -0.39 is 21.7 Å². The van der Waals surface area contributed by atoms with Crippen molar-refractivity contribution in [2.75, 3.05) is 10.5 Å². The van der Waals surface area contributed by atoms with Gasteiger partial charge in [-0.05, 0) is 73.2 Å². The van der Waals surface area contributed by atoms with Gasteiger partial charge in [0.25, 0.3) is 5.56 Å². The monoisotopic (exact) mass is 483 g/mol. The number of benzene rings is 2. The Kier molecular flexibility index (Phi) is 5.39. The molecule has 2 heterocycles. The summed E-state index contributed by atoms with van der Waals surface area (Å²) < 4.78 is 57.0. The molecule has 1 unspecified atom stereocenters. The molecule has 0 amide bonds. The summed E-state index contributed by atoms with van der Waals surface area (Å²) in [6.07, 6.45) is 3.59. The van der Waals surface area contributed by atoms with E-state index in [4.69, 9.17) is 4.99 Å². The van der Waals surface area contributed by atoms with E-state index in [1.54, 1.807) is 31.4 Å². The first-order valence-electron chi connectivity index (χ1n) is 11.1. The molecular formula is C25H23F2N3O3S. The van der Waals surface area contributed by atoms with Crippen molar-refractivity contribution < 1.29 is 17.2 Å². The molecule has 1 aliphatic heterocycles. The van der Waals surface area contributed by atoms with E-state index in [1.165, 1.54) is 35.8 Å². The number of nitrogens with zero attached hydrogens (tertiary/aromatic N) is 2. The molecule has 34 heavy (non-hydrogen) atoms. The second-order valence-electron chi connectivity index (χ2n) is 8.74. The van der Waals surface area contributed by atoms with E-state index in [1.807, 2.05) is 0 Å². The maximum atomic E-state index is 15.2. The predicted octanol–water partition coefficient (Wildman–Crippen LogP) is 4.39. The first kappa shape index (κ1) is 22.5. The quantitative estimate of drug-likeness (QED) is 0.584. The Morgan fingerprint density at radius 3 is 2.41 bits per heavy atom. The third-order valence-corrected chi connectivity index (χ3v) is 7.62. The highest BCUT2D eigenvalue weighted by molar-refractivity contribution is 7.92. The summed E-state index contributed by atoms with van der Waals surface area (Å²) in [6, 6.07) is 9.75. The third-order valence-electron chi connectivity index (χ3n) is 6.33. The van der Waals surface area contributed by atoms with Crippen molar-refractivity contribution in [1.82, 2.24) is 4.57 Å². The maximum Gasteiger partial charge on any atom is 0.250 e. The van der Waals surface area contributed by atoms with Crippen LogP contribution >= 0.6 is 0 Å². The second kappa shape index (κ2) is 8.16. The standard InChI is InChI=1S/C25H23F2N3O3S/c1-3-34(32,33)29-22-11-17-18(10-21(22)27)24(15-6-8-16(26)9-7-15)28-25(14-4-5-14)19-12-23(31)30(2)13-20(17)19/h6-14,25,29H,3-5H2,1-2H3. The molecule has 1 aromatic heterocycles. The maximum absolute atomic E-state index is 15.2. The molecule has 1 saturated carbocycles. The fourth-order valence-electron chi connectivity index (χ4n) is 4.31. The van der Waals surface area contributed by atoms with Gasteiger partial charge in [0.05, 0.1) is 23.2 Å². The Labute approximate surface area is 196 Å². The number of aryl methyl sites for hydroxylation is 1. The van der Waals surface area contributed by atoms with Gasteiger partial charge in [0.2, 0.25) is 10.0 Å². The van der Waals surface area contributed by atoms with Gasteiger partial charge in [0.1, 0.15) is 11.6 Å². The first-order valence-corrected chi connectivity index (χ1v) is 12.7. The minimum absolute atomic E-state index is 0.177. The van der Waals surface area contributed by atoms with Crippen molar-refractivity contribution >= 4 is 21.4 Å². The lowest BCUT2D eigenvalue weighted by molar-refractivity contribution is 0.599. The number of pyridine rings is 1. The number of hydrogen-bond acceptors (Lipinski definition) is 4. The fraction of sp³-hybridized carbons (Fsp3) is 0.280. The Morgan fingerprint density at radius 1 is 1.06 bits per heavy atom. The minimum Gasteiger partial charge on any atom is -0.318 e. The normalized spacial score (nSPS) is 17.4. The molecule has 2 aromatic carbocycles. The summed E-state index contributed by atoms with van der Waals surface area (Å²) in [6.45, 7) is 1.47. The van der Waals surface area contributed by atoms with Crippen molar-refractivity contribution in [2.24, 2.45) is 18.0 Å². The van der Waals surface area contributed by atoms with Crippen LogP contribution in [-0.4, -0.2) is 24.4 Å². The van der Waals surface area contributed by atoms with Gasteiger partial charge in [0, 0.05) is 36.0 Å². The van der Waals surface area contributed by atoms with E-state index in [2.05, 4.69) is 4.72 Å². The molecular weight excluding hydrogens is 460 g/mol. The van der Waals surface area contributed by atoms with Gasteiger partial charge >= 0.3 is 0 Å². The SMILES string of the molecule is CCS(=O)(=O)Nc1cc2c(cc1F)C(c1ccc(F)cc1)=NC(C1CC1)c1cc(=O)n(C)cc1-2. The molecule has 0 saturated heterocycles. The van der Waals surface area contributed by atoms with Crippen molar-refractivity contribution in [3.05, 3.63) is 87.3 Å². The smallest absolute Gasteiger partial charge is 0.250 e. The summed E-state index contributed by atoms with van der Waals surface area (Å²) in [7, 11) is -2.09. The van der Waals surface area contributed by atoms with Crippen LogP contribution in [0.15, 0.2) is 58.4 Å². The number of rotatable bonds is 5. The average Bonchev–Trinajstić information content (AvgIpc) is 3.64. The lowest BCUT2D eigenvalue weighted by atomic mass is 9.91. The molecule has 1 N–H and O–H groups in total. The Hall–Kier alpha value is -3.33. The van der Waals surface area contributed by atoms with E-state index in [-0.39, 0.29) is 29.0 Å². The van der Waals surface area contributed by atoms with E-state index in [9.17, 15) is 17.6 Å². The van der Waals surface area contributed by atoms with Crippen LogP contribution in [0, 0.1) is 17.6 Å². The summed E-state index contributed by atoms with van der Waals surface area (Å²) in [5.41, 5.74) is 3.12. The van der Waals surface area contributed by atoms with Crippen molar-refractivity contribution in [2.45, 2.75) is 25.8 Å². The van der Waals surface area contributed by atoms with Crippen molar-refractivity contribution in [3.63, 3.8) is 0 Å². The molecule has 3 aromatic rings. The number of aromatic nitrogens is 1. The van der Waals surface area contributed by atoms with Crippen molar-refractivity contribution in [3.8, 4) is 11.1 Å². The van der Waals surface area contributed by atoms with Crippen LogP contribution in [0.25, 0.3) is 11.1 Å². The van der Waals surface area contributed by atoms with Crippen LogP contribution in [0.3, 0.4) is 0 Å². The zero-order chi connectivity index (χ0) is 24.2. The number of aliphatic imine (C=N–C) groups is 1. The highest BCUT2D eigenvalue weighted by Crippen LogP contribution is 2.48. The van der Waals surface area contributed by atoms with Gasteiger partial charge in [0.15, 0.2) is 0 Å². The van der Waals surface area contributed by atoms with Gasteiger partial charge < -0.3 is 4.57 Å². The van der Waals surface area contributed by atoms with Crippen LogP contribution in [0.1, 0.15) is 42.5 Å². The molecule has 0 bridgehead atoms. The lowest BCUT2D eigenvalue weighted by Crippen LogP contribution is -2.18. The Morgan fingerprint density at radius 2 is 1.76 bits per heavy atom. The van der Waals surface area contributed by atoms with Gasteiger partial charge in [-0.25, -0.2) is 17.2 Å². The van der Waals surface area contributed by atoms with Crippen LogP contribution in [-0.2, 0) is 17.1 Å². The molecule has 0 radical (unpaired) electrons. The fourth-order valence-corrected chi connectivity index (χ4v) is 4.95. The third kappa shape index (κ3) is 4.04. The Bertz CT molecular complexity index is 1490. The van der Waals surface area contributed by atoms with Crippen LogP contribution in [0.5, 0.6) is 0 Å². The largest absolute Gasteiger partial charge is 0.318 e. The summed E-state index contributed by atoms with van der Waals surface area (Å²) >= 11 is 0. The van der Waals surface area contributed by atoms with Gasteiger partial charge in [-0.2, -0.15) is 0 Å². The Balaban J connectivity index is 1.82. The molecule has 6 nitrogen and oxygen atoms in total. The molecule has 5 rings (SSSR count). The van der Waals surface area contributed by atoms with Crippen LogP contribution < -0.4 is 10.3 Å². The minimum atomic E-state index is -3.72.